The maximum absolute atomic E-state index is 11.4. The smallest absolute Gasteiger partial charge is 0.141 e. The molecule has 0 amide bonds. The molecule has 6 rings (SSSR count). The minimum Gasteiger partial charge on any atom is -0.495 e. The van der Waals surface area contributed by atoms with E-state index in [0.717, 1.165) is 33.8 Å². The summed E-state index contributed by atoms with van der Waals surface area (Å²) < 4.78 is 7.79. The average molecular weight is 499 g/mol. The van der Waals surface area contributed by atoms with Crippen molar-refractivity contribution in [2.75, 3.05) is 19.0 Å². The Morgan fingerprint density at radius 3 is 2.13 bits per heavy atom. The highest BCUT2D eigenvalue weighted by Gasteiger charge is 2.23. The normalized spacial score (nSPS) is 12.1. The summed E-state index contributed by atoms with van der Waals surface area (Å²) in [5.74, 6) is 0.758. The zero-order valence-electron chi connectivity index (χ0n) is 21.3. The molecule has 0 fully saturated rings. The van der Waals surface area contributed by atoms with Crippen molar-refractivity contribution >= 4 is 27.4 Å². The van der Waals surface area contributed by atoms with Crippen LogP contribution in [0.25, 0.3) is 44.1 Å². The number of nitrogens with one attached hydrogen (secondary N) is 1. The lowest BCUT2D eigenvalue weighted by molar-refractivity contribution is 0.169. The van der Waals surface area contributed by atoms with Gasteiger partial charge >= 0.3 is 0 Å². The van der Waals surface area contributed by atoms with Gasteiger partial charge in [-0.15, -0.1) is 0 Å². The third kappa shape index (κ3) is 4.40. The van der Waals surface area contributed by atoms with Gasteiger partial charge < -0.3 is 19.7 Å². The highest BCUT2D eigenvalue weighted by molar-refractivity contribution is 6.15. The van der Waals surface area contributed by atoms with Crippen molar-refractivity contribution in [1.29, 1.82) is 0 Å². The van der Waals surface area contributed by atoms with E-state index in [4.69, 9.17) is 4.74 Å². The van der Waals surface area contributed by atoms with Gasteiger partial charge in [0.05, 0.1) is 36.7 Å². The second-order valence-corrected chi connectivity index (χ2v) is 9.48. The van der Waals surface area contributed by atoms with Crippen LogP contribution in [0.5, 0.6) is 5.75 Å². The summed E-state index contributed by atoms with van der Waals surface area (Å²) in [6.45, 7) is 0.823. The van der Waals surface area contributed by atoms with E-state index in [1.165, 1.54) is 21.7 Å². The number of aliphatic hydroxyl groups is 1. The van der Waals surface area contributed by atoms with Crippen LogP contribution in [-0.4, -0.2) is 29.4 Å². The number of hydrogen-bond acceptors (Lipinski definition) is 3. The van der Waals surface area contributed by atoms with Gasteiger partial charge in [0.1, 0.15) is 5.75 Å². The average Bonchev–Trinajstić information content (AvgIpc) is 3.31. The van der Waals surface area contributed by atoms with Gasteiger partial charge in [0, 0.05) is 22.9 Å². The first-order valence-electron chi connectivity index (χ1n) is 12.9. The lowest BCUT2D eigenvalue weighted by Gasteiger charge is -2.19. The fourth-order valence-corrected chi connectivity index (χ4v) is 5.39. The molecule has 0 unspecified atom stereocenters. The van der Waals surface area contributed by atoms with E-state index in [-0.39, 0.29) is 0 Å². The molecule has 2 N–H and O–H groups in total. The first kappa shape index (κ1) is 23.8. The van der Waals surface area contributed by atoms with Crippen molar-refractivity contribution in [2.45, 2.75) is 12.6 Å². The largest absolute Gasteiger partial charge is 0.495 e. The number of ether oxygens (including phenoxy) is 1. The first-order chi connectivity index (χ1) is 18.7. The molecule has 0 saturated carbocycles. The van der Waals surface area contributed by atoms with Crippen LogP contribution in [0, 0.1) is 0 Å². The summed E-state index contributed by atoms with van der Waals surface area (Å²) in [6, 6.07) is 41.7. The number of aromatic nitrogens is 1. The summed E-state index contributed by atoms with van der Waals surface area (Å²) in [6.07, 6.45) is -0.638. The predicted octanol–water partition coefficient (Wildman–Crippen LogP) is 7.61. The van der Waals surface area contributed by atoms with Gasteiger partial charge in [0.25, 0.3) is 0 Å². The van der Waals surface area contributed by atoms with E-state index in [0.29, 0.717) is 13.1 Å². The van der Waals surface area contributed by atoms with Crippen LogP contribution in [0.3, 0.4) is 0 Å². The highest BCUT2D eigenvalue weighted by Crippen LogP contribution is 2.43. The number of aliphatic hydroxyl groups excluding tert-OH is 1. The van der Waals surface area contributed by atoms with Gasteiger partial charge in [-0.2, -0.15) is 0 Å². The Balaban J connectivity index is 1.53. The molecule has 188 valence electrons. The molecule has 0 spiro atoms. The summed E-state index contributed by atoms with van der Waals surface area (Å²) in [4.78, 5) is 0. The summed E-state index contributed by atoms with van der Waals surface area (Å²) in [7, 11) is 1.66. The topological polar surface area (TPSA) is 46.4 Å². The number of fused-ring (bicyclic) bond motifs is 3. The Labute approximate surface area is 222 Å². The maximum Gasteiger partial charge on any atom is 0.141 e. The minimum atomic E-state index is -0.638. The van der Waals surface area contributed by atoms with Gasteiger partial charge in [-0.3, -0.25) is 0 Å². The molecule has 6 aromatic rings. The van der Waals surface area contributed by atoms with Crippen LogP contribution in [0.2, 0.25) is 0 Å². The zero-order chi connectivity index (χ0) is 25.9. The van der Waals surface area contributed by atoms with E-state index < -0.39 is 6.10 Å². The molecule has 0 radical (unpaired) electrons. The van der Waals surface area contributed by atoms with Gasteiger partial charge in [0.2, 0.25) is 0 Å². The van der Waals surface area contributed by atoms with E-state index >= 15 is 0 Å². The van der Waals surface area contributed by atoms with Crippen molar-refractivity contribution in [3.05, 3.63) is 121 Å². The quantitative estimate of drug-likeness (QED) is 0.227. The minimum absolute atomic E-state index is 0.389. The molecule has 5 aromatic carbocycles. The van der Waals surface area contributed by atoms with Crippen molar-refractivity contribution in [2.24, 2.45) is 0 Å². The van der Waals surface area contributed by atoms with Crippen LogP contribution in [0.15, 0.2) is 121 Å². The fraction of sp³-hybridized carbons (Fsp3) is 0.118. The molecule has 1 heterocycles. The second kappa shape index (κ2) is 10.4. The fourth-order valence-electron chi connectivity index (χ4n) is 5.39. The SMILES string of the molecule is COc1ccccc1NC[C@H](O)Cn1c(-c2ccccc2)c(-c2ccccc2)c2ccc3ccccc3c21. The second-order valence-electron chi connectivity index (χ2n) is 9.48. The van der Waals surface area contributed by atoms with E-state index in [1.54, 1.807) is 7.11 Å². The van der Waals surface area contributed by atoms with Crippen molar-refractivity contribution in [3.8, 4) is 28.1 Å². The molecule has 4 heteroatoms. The Hall–Kier alpha value is -4.54. The van der Waals surface area contributed by atoms with Crippen LogP contribution < -0.4 is 10.1 Å². The third-order valence-corrected chi connectivity index (χ3v) is 7.08. The first-order valence-corrected chi connectivity index (χ1v) is 12.9. The standard InChI is InChI=1S/C34H30N2O2/c1-38-31-19-11-10-18-30(31)35-22-27(37)23-36-33(26-15-6-3-7-16-26)32(25-13-4-2-5-14-25)29-21-20-24-12-8-9-17-28(24)34(29)36/h2-21,27,35,37H,22-23H2,1H3/t27-/m0/s1. The third-order valence-electron chi connectivity index (χ3n) is 7.08. The summed E-state index contributed by atoms with van der Waals surface area (Å²) in [5, 5.41) is 18.3. The number of rotatable bonds is 8. The molecule has 0 aliphatic rings. The van der Waals surface area contributed by atoms with Gasteiger partial charge in [-0.05, 0) is 28.6 Å². The van der Waals surface area contributed by atoms with Gasteiger partial charge in [0.15, 0.2) is 0 Å². The number of nitrogens with zero attached hydrogens (tertiary/aromatic N) is 1. The van der Waals surface area contributed by atoms with Crippen molar-refractivity contribution < 1.29 is 9.84 Å². The summed E-state index contributed by atoms with van der Waals surface area (Å²) in [5.41, 5.74) is 6.58. The number of anilines is 1. The van der Waals surface area contributed by atoms with Gasteiger partial charge in [-0.1, -0.05) is 109 Å². The lowest BCUT2D eigenvalue weighted by Crippen LogP contribution is -2.25. The molecular formula is C34H30N2O2. The van der Waals surface area contributed by atoms with Crippen LogP contribution >= 0.6 is 0 Å². The predicted molar refractivity (Wildman–Crippen MR) is 158 cm³/mol. The highest BCUT2D eigenvalue weighted by atomic mass is 16.5. The monoisotopic (exact) mass is 498 g/mol. The van der Waals surface area contributed by atoms with E-state index in [2.05, 4.69) is 94.8 Å². The molecule has 0 aliphatic heterocycles. The lowest BCUT2D eigenvalue weighted by atomic mass is 9.97. The maximum atomic E-state index is 11.4. The van der Waals surface area contributed by atoms with Crippen LogP contribution in [-0.2, 0) is 6.54 Å². The molecule has 0 bridgehead atoms. The Bertz CT molecular complexity index is 1690. The molecule has 0 aliphatic carbocycles. The molecule has 4 nitrogen and oxygen atoms in total. The van der Waals surface area contributed by atoms with Crippen LogP contribution in [0.1, 0.15) is 0 Å². The Kier molecular flexibility index (Phi) is 6.55. The molecule has 1 aromatic heterocycles. The van der Waals surface area contributed by atoms with E-state index in [1.807, 2.05) is 36.4 Å². The van der Waals surface area contributed by atoms with E-state index in [9.17, 15) is 5.11 Å². The number of para-hydroxylation sites is 2. The summed E-state index contributed by atoms with van der Waals surface area (Å²) >= 11 is 0. The number of methoxy groups -OCH3 is 1. The molecule has 1 atom stereocenters. The zero-order valence-corrected chi connectivity index (χ0v) is 21.3. The van der Waals surface area contributed by atoms with Crippen molar-refractivity contribution in [3.63, 3.8) is 0 Å². The molecule has 0 saturated heterocycles. The molecule has 38 heavy (non-hydrogen) atoms. The van der Waals surface area contributed by atoms with Crippen molar-refractivity contribution in [1.82, 2.24) is 4.57 Å². The number of benzene rings is 5. The van der Waals surface area contributed by atoms with Crippen LogP contribution in [0.4, 0.5) is 5.69 Å². The number of hydrogen-bond donors (Lipinski definition) is 2. The Morgan fingerprint density at radius 2 is 1.37 bits per heavy atom. The van der Waals surface area contributed by atoms with Gasteiger partial charge in [-0.25, -0.2) is 0 Å². The Morgan fingerprint density at radius 1 is 0.711 bits per heavy atom. The molecular weight excluding hydrogens is 468 g/mol.